The van der Waals surface area contributed by atoms with Gasteiger partial charge in [-0.05, 0) is 56.0 Å². The van der Waals surface area contributed by atoms with Crippen LogP contribution in [0.25, 0.3) is 0 Å². The number of carbonyl (C=O) groups is 1. The van der Waals surface area contributed by atoms with E-state index < -0.39 is 0 Å². The highest BCUT2D eigenvalue weighted by atomic mass is 79.9. The Morgan fingerprint density at radius 3 is 2.94 bits per heavy atom. The van der Waals surface area contributed by atoms with Crippen molar-refractivity contribution in [1.29, 1.82) is 0 Å². The zero-order valence-corrected chi connectivity index (χ0v) is 12.2. The van der Waals surface area contributed by atoms with Crippen molar-refractivity contribution in [1.82, 2.24) is 0 Å². The molecule has 0 radical (unpaired) electrons. The van der Waals surface area contributed by atoms with E-state index in [4.69, 9.17) is 5.73 Å². The summed E-state index contributed by atoms with van der Waals surface area (Å²) in [5, 5.41) is 3.00. The maximum Gasteiger partial charge on any atom is 0.227 e. The van der Waals surface area contributed by atoms with Crippen molar-refractivity contribution >= 4 is 27.5 Å². The van der Waals surface area contributed by atoms with E-state index in [0.717, 1.165) is 35.0 Å². The highest BCUT2D eigenvalue weighted by Gasteiger charge is 2.31. The van der Waals surface area contributed by atoms with Gasteiger partial charge in [0.15, 0.2) is 0 Å². The normalized spacial score (nSPS) is 23.1. The van der Waals surface area contributed by atoms with Crippen molar-refractivity contribution in [3.63, 3.8) is 0 Å². The Morgan fingerprint density at radius 1 is 1.50 bits per heavy atom. The molecule has 2 atom stereocenters. The van der Waals surface area contributed by atoms with E-state index in [1.165, 1.54) is 0 Å². The number of halogens is 1. The van der Waals surface area contributed by atoms with Crippen LogP contribution in [0.3, 0.4) is 0 Å². The third-order valence-electron chi connectivity index (χ3n) is 3.72. The molecule has 0 unspecified atom stereocenters. The van der Waals surface area contributed by atoms with Crippen molar-refractivity contribution < 1.29 is 4.79 Å². The van der Waals surface area contributed by atoms with E-state index in [0.29, 0.717) is 12.5 Å². The van der Waals surface area contributed by atoms with Gasteiger partial charge in [-0.3, -0.25) is 4.79 Å². The van der Waals surface area contributed by atoms with Crippen LogP contribution in [0.2, 0.25) is 0 Å². The van der Waals surface area contributed by atoms with Gasteiger partial charge < -0.3 is 11.1 Å². The molecule has 0 bridgehead atoms. The third kappa shape index (κ3) is 2.93. The summed E-state index contributed by atoms with van der Waals surface area (Å²) in [6, 6.07) is 5.86. The van der Waals surface area contributed by atoms with Gasteiger partial charge in [-0.1, -0.05) is 22.4 Å². The maximum atomic E-state index is 12.2. The zero-order chi connectivity index (χ0) is 13.1. The quantitative estimate of drug-likeness (QED) is 0.901. The summed E-state index contributed by atoms with van der Waals surface area (Å²) in [5.41, 5.74) is 7.70. The molecule has 1 aliphatic rings. The van der Waals surface area contributed by atoms with E-state index in [-0.39, 0.29) is 11.8 Å². The molecule has 3 N–H and O–H groups in total. The van der Waals surface area contributed by atoms with Crippen LogP contribution < -0.4 is 11.1 Å². The molecule has 0 heterocycles. The van der Waals surface area contributed by atoms with Gasteiger partial charge in [0.25, 0.3) is 0 Å². The molecular weight excluding hydrogens is 292 g/mol. The number of nitrogens with two attached hydrogens (primary N) is 1. The van der Waals surface area contributed by atoms with Gasteiger partial charge in [-0.25, -0.2) is 0 Å². The van der Waals surface area contributed by atoms with Gasteiger partial charge in [0.1, 0.15) is 0 Å². The fraction of sp³-hybridized carbons (Fsp3) is 0.500. The van der Waals surface area contributed by atoms with E-state index in [9.17, 15) is 4.79 Å². The Kier molecular flexibility index (Phi) is 4.40. The summed E-state index contributed by atoms with van der Waals surface area (Å²) in [6.07, 6.45) is 3.15. The Bertz CT molecular complexity index is 447. The average Bonchev–Trinajstić information content (AvgIpc) is 2.82. The molecule has 0 aliphatic heterocycles. The van der Waals surface area contributed by atoms with Crippen molar-refractivity contribution in [2.75, 3.05) is 11.9 Å². The monoisotopic (exact) mass is 310 g/mol. The van der Waals surface area contributed by atoms with Gasteiger partial charge >= 0.3 is 0 Å². The first kappa shape index (κ1) is 13.6. The standard InChI is InChI=1S/C14H19BrN2O/c1-9-7-11(5-6-13(9)15)17-14(18)12-4-2-3-10(12)8-16/h5-7,10,12H,2-4,8,16H2,1H3,(H,17,18)/t10-,12-/m1/s1. The van der Waals surface area contributed by atoms with Crippen LogP contribution in [0.1, 0.15) is 24.8 Å². The van der Waals surface area contributed by atoms with Gasteiger partial charge in [0, 0.05) is 16.1 Å². The van der Waals surface area contributed by atoms with Crippen LogP contribution in [0, 0.1) is 18.8 Å². The van der Waals surface area contributed by atoms with Gasteiger partial charge in [-0.2, -0.15) is 0 Å². The van der Waals surface area contributed by atoms with Crippen LogP contribution in [-0.4, -0.2) is 12.5 Å². The number of amides is 1. The van der Waals surface area contributed by atoms with Crippen LogP contribution in [0.4, 0.5) is 5.69 Å². The second-order valence-corrected chi connectivity index (χ2v) is 5.84. The summed E-state index contributed by atoms with van der Waals surface area (Å²) < 4.78 is 1.06. The van der Waals surface area contributed by atoms with Crippen molar-refractivity contribution in [2.45, 2.75) is 26.2 Å². The van der Waals surface area contributed by atoms with Gasteiger partial charge in [0.2, 0.25) is 5.91 Å². The molecule has 0 aromatic heterocycles. The largest absolute Gasteiger partial charge is 0.330 e. The number of hydrogen-bond donors (Lipinski definition) is 2. The van der Waals surface area contributed by atoms with Crippen LogP contribution in [0.15, 0.2) is 22.7 Å². The average molecular weight is 311 g/mol. The van der Waals surface area contributed by atoms with Crippen molar-refractivity contribution in [3.8, 4) is 0 Å². The number of aryl methyl sites for hydroxylation is 1. The smallest absolute Gasteiger partial charge is 0.227 e. The Hall–Kier alpha value is -0.870. The number of rotatable bonds is 3. The first-order valence-electron chi connectivity index (χ1n) is 6.39. The van der Waals surface area contributed by atoms with Gasteiger partial charge in [0.05, 0.1) is 0 Å². The second kappa shape index (κ2) is 5.85. The number of hydrogen-bond acceptors (Lipinski definition) is 2. The SMILES string of the molecule is Cc1cc(NC(=O)[C@@H]2CCC[C@@H]2CN)ccc1Br. The predicted molar refractivity (Wildman–Crippen MR) is 77.4 cm³/mol. The van der Waals surface area contributed by atoms with Crippen molar-refractivity contribution in [2.24, 2.45) is 17.6 Å². The molecular formula is C14H19BrN2O. The summed E-state index contributed by atoms with van der Waals surface area (Å²) in [6.45, 7) is 2.62. The van der Waals surface area contributed by atoms with Crippen LogP contribution in [-0.2, 0) is 4.79 Å². The third-order valence-corrected chi connectivity index (χ3v) is 4.61. The first-order chi connectivity index (χ1) is 8.61. The molecule has 1 aromatic rings. The Balaban J connectivity index is 2.04. The van der Waals surface area contributed by atoms with E-state index in [1.54, 1.807) is 0 Å². The van der Waals surface area contributed by atoms with E-state index in [1.807, 2.05) is 25.1 Å². The van der Waals surface area contributed by atoms with E-state index >= 15 is 0 Å². The number of carbonyl (C=O) groups excluding carboxylic acids is 1. The molecule has 4 heteroatoms. The van der Waals surface area contributed by atoms with Gasteiger partial charge in [-0.15, -0.1) is 0 Å². The topological polar surface area (TPSA) is 55.1 Å². The molecule has 1 fully saturated rings. The molecule has 1 saturated carbocycles. The van der Waals surface area contributed by atoms with Crippen molar-refractivity contribution in [3.05, 3.63) is 28.2 Å². The lowest BCUT2D eigenvalue weighted by atomic mass is 9.95. The molecule has 2 rings (SSSR count). The highest BCUT2D eigenvalue weighted by Crippen LogP contribution is 2.32. The molecule has 1 aliphatic carbocycles. The molecule has 1 aromatic carbocycles. The molecule has 3 nitrogen and oxygen atoms in total. The maximum absolute atomic E-state index is 12.2. The molecule has 0 spiro atoms. The number of benzene rings is 1. The number of anilines is 1. The second-order valence-electron chi connectivity index (χ2n) is 4.99. The summed E-state index contributed by atoms with van der Waals surface area (Å²) in [5.74, 6) is 0.546. The minimum Gasteiger partial charge on any atom is -0.330 e. The summed E-state index contributed by atoms with van der Waals surface area (Å²) in [4.78, 5) is 12.2. The predicted octanol–water partition coefficient (Wildman–Crippen LogP) is 3.07. The molecule has 0 saturated heterocycles. The van der Waals surface area contributed by atoms with E-state index in [2.05, 4.69) is 21.2 Å². The molecule has 1 amide bonds. The number of nitrogens with one attached hydrogen (secondary N) is 1. The lowest BCUT2D eigenvalue weighted by Gasteiger charge is -2.17. The first-order valence-corrected chi connectivity index (χ1v) is 7.18. The highest BCUT2D eigenvalue weighted by molar-refractivity contribution is 9.10. The zero-order valence-electron chi connectivity index (χ0n) is 10.6. The molecule has 98 valence electrons. The summed E-state index contributed by atoms with van der Waals surface area (Å²) in [7, 11) is 0. The fourth-order valence-electron chi connectivity index (χ4n) is 2.62. The molecule has 18 heavy (non-hydrogen) atoms. The van der Waals surface area contributed by atoms with Crippen LogP contribution in [0.5, 0.6) is 0 Å². The lowest BCUT2D eigenvalue weighted by molar-refractivity contribution is -0.120. The minimum atomic E-state index is 0.0824. The van der Waals surface area contributed by atoms with Crippen LogP contribution >= 0.6 is 15.9 Å². The Labute approximate surface area is 116 Å². The Morgan fingerprint density at radius 2 is 2.28 bits per heavy atom. The summed E-state index contributed by atoms with van der Waals surface area (Å²) >= 11 is 3.45. The lowest BCUT2D eigenvalue weighted by Crippen LogP contribution is -2.29. The fourth-order valence-corrected chi connectivity index (χ4v) is 2.87. The minimum absolute atomic E-state index is 0.0824.